The molecule has 0 aromatic carbocycles. The molecular formula is C16H22N2O2S. The summed E-state index contributed by atoms with van der Waals surface area (Å²) >= 11 is 1.76. The Bertz CT molecular complexity index is 486. The zero-order chi connectivity index (χ0) is 14.2. The molecule has 1 aromatic heterocycles. The van der Waals surface area contributed by atoms with Crippen LogP contribution < -0.4 is 0 Å². The molecule has 3 aliphatic rings. The molecular weight excluding hydrogens is 284 g/mol. The fourth-order valence-electron chi connectivity index (χ4n) is 3.74. The van der Waals surface area contributed by atoms with Crippen molar-refractivity contribution in [1.82, 2.24) is 9.80 Å². The summed E-state index contributed by atoms with van der Waals surface area (Å²) in [5.41, 5.74) is 1.41. The molecule has 0 radical (unpaired) electrons. The highest BCUT2D eigenvalue weighted by Gasteiger charge is 2.42. The number of hydrogen-bond donors (Lipinski definition) is 0. The molecule has 4 rings (SSSR count). The van der Waals surface area contributed by atoms with Gasteiger partial charge in [0, 0.05) is 38.6 Å². The minimum absolute atomic E-state index is 0.163. The summed E-state index contributed by atoms with van der Waals surface area (Å²) in [5, 5.41) is 4.36. The summed E-state index contributed by atoms with van der Waals surface area (Å²) < 4.78 is 6.14. The topological polar surface area (TPSA) is 32.8 Å². The number of amides is 1. The van der Waals surface area contributed by atoms with E-state index in [9.17, 15) is 4.79 Å². The molecule has 21 heavy (non-hydrogen) atoms. The van der Waals surface area contributed by atoms with Crippen LogP contribution in [0.4, 0.5) is 0 Å². The third-order valence-electron chi connectivity index (χ3n) is 4.99. The highest BCUT2D eigenvalue weighted by molar-refractivity contribution is 7.07. The van der Waals surface area contributed by atoms with Gasteiger partial charge in [0.05, 0.1) is 18.6 Å². The van der Waals surface area contributed by atoms with Gasteiger partial charge in [-0.1, -0.05) is 0 Å². The van der Waals surface area contributed by atoms with Crippen LogP contribution in [0.5, 0.6) is 0 Å². The molecule has 114 valence electrons. The summed E-state index contributed by atoms with van der Waals surface area (Å²) in [5.74, 6) is 0.916. The summed E-state index contributed by atoms with van der Waals surface area (Å²) in [6.07, 6.45) is 3.33. The van der Waals surface area contributed by atoms with Crippen LogP contribution in [0.2, 0.25) is 0 Å². The van der Waals surface area contributed by atoms with Crippen LogP contribution in [0, 0.1) is 5.92 Å². The van der Waals surface area contributed by atoms with E-state index in [-0.39, 0.29) is 6.10 Å². The highest BCUT2D eigenvalue weighted by atomic mass is 32.1. The molecule has 0 aliphatic carbocycles. The maximum Gasteiger partial charge on any atom is 0.225 e. The van der Waals surface area contributed by atoms with Crippen molar-refractivity contribution in [3.05, 3.63) is 22.4 Å². The van der Waals surface area contributed by atoms with Crippen molar-refractivity contribution in [1.29, 1.82) is 0 Å². The van der Waals surface area contributed by atoms with Crippen molar-refractivity contribution in [3.8, 4) is 0 Å². The van der Waals surface area contributed by atoms with Crippen LogP contribution in [-0.2, 0) is 16.1 Å². The lowest BCUT2D eigenvalue weighted by Crippen LogP contribution is -2.43. The molecule has 0 unspecified atom stereocenters. The molecule has 4 nitrogen and oxygen atoms in total. The lowest BCUT2D eigenvalue weighted by Gasteiger charge is -2.31. The van der Waals surface area contributed by atoms with Gasteiger partial charge < -0.3 is 9.64 Å². The molecule has 3 atom stereocenters. The van der Waals surface area contributed by atoms with E-state index >= 15 is 0 Å². The molecule has 3 fully saturated rings. The number of nitrogens with zero attached hydrogens (tertiary/aromatic N) is 2. The zero-order valence-corrected chi connectivity index (χ0v) is 13.1. The van der Waals surface area contributed by atoms with Gasteiger partial charge in [0.1, 0.15) is 0 Å². The van der Waals surface area contributed by atoms with Crippen molar-refractivity contribution in [3.63, 3.8) is 0 Å². The Balaban J connectivity index is 1.26. The first-order chi connectivity index (χ1) is 10.3. The van der Waals surface area contributed by atoms with E-state index < -0.39 is 0 Å². The Morgan fingerprint density at radius 1 is 1.38 bits per heavy atom. The van der Waals surface area contributed by atoms with Crippen molar-refractivity contribution in [2.75, 3.05) is 26.2 Å². The molecule has 0 saturated carbocycles. The maximum atomic E-state index is 12.0. The normalized spacial score (nSPS) is 32.2. The fourth-order valence-corrected chi connectivity index (χ4v) is 4.40. The minimum Gasteiger partial charge on any atom is -0.373 e. The molecule has 5 heteroatoms. The highest BCUT2D eigenvalue weighted by Crippen LogP contribution is 2.35. The monoisotopic (exact) mass is 306 g/mol. The van der Waals surface area contributed by atoms with Crippen LogP contribution in [0.3, 0.4) is 0 Å². The number of ether oxygens (including phenoxy) is 1. The summed E-state index contributed by atoms with van der Waals surface area (Å²) in [6, 6.07) is 2.20. The molecule has 3 aliphatic heterocycles. The minimum atomic E-state index is 0.163. The summed E-state index contributed by atoms with van der Waals surface area (Å²) in [6.45, 7) is 5.08. The van der Waals surface area contributed by atoms with E-state index in [0.717, 1.165) is 39.1 Å². The van der Waals surface area contributed by atoms with Crippen LogP contribution in [0.1, 0.15) is 24.8 Å². The summed E-state index contributed by atoms with van der Waals surface area (Å²) in [7, 11) is 0. The lowest BCUT2D eigenvalue weighted by molar-refractivity contribution is -0.137. The number of fused-ring (bicyclic) bond motifs is 1. The van der Waals surface area contributed by atoms with Gasteiger partial charge in [0.15, 0.2) is 0 Å². The molecule has 0 bridgehead atoms. The molecule has 0 N–H and O–H groups in total. The Hall–Kier alpha value is -0.910. The second-order valence-electron chi connectivity index (χ2n) is 6.56. The van der Waals surface area contributed by atoms with Crippen LogP contribution >= 0.6 is 11.3 Å². The second-order valence-corrected chi connectivity index (χ2v) is 7.34. The first kappa shape index (κ1) is 13.7. The van der Waals surface area contributed by atoms with E-state index in [0.29, 0.717) is 24.3 Å². The third kappa shape index (κ3) is 2.87. The quantitative estimate of drug-likeness (QED) is 0.852. The van der Waals surface area contributed by atoms with E-state index in [1.807, 2.05) is 4.90 Å². The van der Waals surface area contributed by atoms with Gasteiger partial charge in [-0.2, -0.15) is 11.3 Å². The third-order valence-corrected chi connectivity index (χ3v) is 5.72. The predicted molar refractivity (Wildman–Crippen MR) is 82.2 cm³/mol. The molecule has 4 heterocycles. The van der Waals surface area contributed by atoms with Gasteiger partial charge in [-0.25, -0.2) is 0 Å². The van der Waals surface area contributed by atoms with Gasteiger partial charge in [-0.05, 0) is 35.2 Å². The largest absolute Gasteiger partial charge is 0.373 e. The van der Waals surface area contributed by atoms with Crippen molar-refractivity contribution in [2.45, 2.75) is 38.0 Å². The Morgan fingerprint density at radius 3 is 2.95 bits per heavy atom. The average Bonchev–Trinajstić information content (AvgIpc) is 3.03. The number of hydrogen-bond acceptors (Lipinski definition) is 4. The van der Waals surface area contributed by atoms with Crippen molar-refractivity contribution in [2.24, 2.45) is 5.92 Å². The van der Waals surface area contributed by atoms with Crippen LogP contribution in [0.15, 0.2) is 16.8 Å². The van der Waals surface area contributed by atoms with Crippen LogP contribution in [-0.4, -0.2) is 54.1 Å². The number of rotatable bonds is 4. The van der Waals surface area contributed by atoms with E-state index in [4.69, 9.17) is 4.74 Å². The van der Waals surface area contributed by atoms with Gasteiger partial charge in [-0.3, -0.25) is 9.69 Å². The van der Waals surface area contributed by atoms with Gasteiger partial charge in [0.2, 0.25) is 5.91 Å². The van der Waals surface area contributed by atoms with Crippen molar-refractivity contribution >= 4 is 17.2 Å². The molecule has 1 aromatic rings. The first-order valence-corrected chi connectivity index (χ1v) is 8.89. The van der Waals surface area contributed by atoms with E-state index in [1.54, 1.807) is 11.3 Å². The summed E-state index contributed by atoms with van der Waals surface area (Å²) in [4.78, 5) is 16.5. The lowest BCUT2D eigenvalue weighted by atomic mass is 10.0. The Morgan fingerprint density at radius 2 is 2.29 bits per heavy atom. The van der Waals surface area contributed by atoms with Crippen LogP contribution in [0.25, 0.3) is 0 Å². The number of thiophene rings is 1. The van der Waals surface area contributed by atoms with Crippen molar-refractivity contribution < 1.29 is 9.53 Å². The Labute approximate surface area is 129 Å². The number of carbonyl (C=O) groups is 1. The van der Waals surface area contributed by atoms with Gasteiger partial charge in [-0.15, -0.1) is 0 Å². The first-order valence-electron chi connectivity index (χ1n) is 7.94. The van der Waals surface area contributed by atoms with E-state index in [2.05, 4.69) is 21.7 Å². The molecule has 0 spiro atoms. The van der Waals surface area contributed by atoms with Gasteiger partial charge in [0.25, 0.3) is 0 Å². The second kappa shape index (κ2) is 5.71. The predicted octanol–water partition coefficient (Wildman–Crippen LogP) is 1.96. The van der Waals surface area contributed by atoms with Gasteiger partial charge >= 0.3 is 0 Å². The number of likely N-dealkylation sites (tertiary alicyclic amines) is 2. The standard InChI is InChI=1S/C16H22N2O2S/c19-16(18-3-1-4-18)7-14-6-13-9-17(10-15(13)20-14)8-12-2-5-21-11-12/h2,5,11,13-15H,1,3-4,6-10H2/t13-,14+,15+/m0/s1. The Kier molecular flexibility index (Phi) is 3.73. The maximum absolute atomic E-state index is 12.0. The average molecular weight is 306 g/mol. The van der Waals surface area contributed by atoms with E-state index in [1.165, 1.54) is 12.0 Å². The fraction of sp³-hybridized carbons (Fsp3) is 0.688. The smallest absolute Gasteiger partial charge is 0.225 e. The molecule has 3 saturated heterocycles. The SMILES string of the molecule is O=C(C[C@H]1C[C@H]2CN(Cc3ccsc3)C[C@H]2O1)N1CCC1. The zero-order valence-electron chi connectivity index (χ0n) is 12.2. The number of carbonyl (C=O) groups excluding carboxylic acids is 1. The molecule has 1 amide bonds.